The van der Waals surface area contributed by atoms with E-state index in [4.69, 9.17) is 10.8 Å². The maximum Gasteiger partial charge on any atom is 0.146 e. The lowest BCUT2D eigenvalue weighted by Gasteiger charge is -2.12. The smallest absolute Gasteiger partial charge is 0.146 e. The van der Waals surface area contributed by atoms with E-state index in [1.54, 1.807) is 12.3 Å². The van der Waals surface area contributed by atoms with E-state index >= 15 is 0 Å². The Morgan fingerprint density at radius 2 is 1.96 bits per heavy atom. The van der Waals surface area contributed by atoms with Gasteiger partial charge in [0.25, 0.3) is 0 Å². The van der Waals surface area contributed by atoms with E-state index in [1.165, 1.54) is 6.07 Å². The van der Waals surface area contributed by atoms with Crippen LogP contribution in [0.3, 0.4) is 0 Å². The van der Waals surface area contributed by atoms with Gasteiger partial charge in [-0.25, -0.2) is 9.37 Å². The number of aliphatic hydroxyl groups excluding tert-OH is 1. The van der Waals surface area contributed by atoms with Crippen molar-refractivity contribution in [2.75, 3.05) is 24.2 Å². The largest absolute Gasteiger partial charge is 0.396 e. The fraction of sp³-hybridized carbons (Fsp3) is 0.222. The summed E-state index contributed by atoms with van der Waals surface area (Å²) in [5.41, 5.74) is 10.1. The Bertz CT molecular complexity index is 911. The average molecular weight is 326 g/mol. The Hall–Kier alpha value is -2.73. The molecule has 124 valence electrons. The molecule has 0 aliphatic carbocycles. The lowest BCUT2D eigenvalue weighted by molar-refractivity contribution is 0.311. The number of hydrogen-bond donors (Lipinski definition) is 3. The summed E-state index contributed by atoms with van der Waals surface area (Å²) in [6.07, 6.45) is 1.73. The molecule has 0 bridgehead atoms. The van der Waals surface area contributed by atoms with Crippen molar-refractivity contribution in [2.24, 2.45) is 0 Å². The molecule has 0 saturated heterocycles. The highest BCUT2D eigenvalue weighted by molar-refractivity contribution is 5.87. The number of aliphatic hydroxyl groups is 1. The summed E-state index contributed by atoms with van der Waals surface area (Å²) in [4.78, 5) is 8.95. The maximum absolute atomic E-state index is 13.6. The molecule has 0 radical (unpaired) electrons. The van der Waals surface area contributed by atoms with Gasteiger partial charge < -0.3 is 16.2 Å². The summed E-state index contributed by atoms with van der Waals surface area (Å²) >= 11 is 0. The van der Waals surface area contributed by atoms with Crippen molar-refractivity contribution in [3.05, 3.63) is 47.5 Å². The van der Waals surface area contributed by atoms with Crippen molar-refractivity contribution >= 4 is 22.4 Å². The normalized spacial score (nSPS) is 11.0. The summed E-state index contributed by atoms with van der Waals surface area (Å²) < 4.78 is 13.6. The van der Waals surface area contributed by atoms with E-state index in [0.717, 1.165) is 33.3 Å². The number of aryl methyl sites for hydroxylation is 2. The van der Waals surface area contributed by atoms with Crippen LogP contribution in [0.4, 0.5) is 15.9 Å². The number of pyridine rings is 2. The molecule has 24 heavy (non-hydrogen) atoms. The third-order valence-electron chi connectivity index (χ3n) is 3.94. The molecule has 0 atom stereocenters. The van der Waals surface area contributed by atoms with Crippen molar-refractivity contribution in [3.63, 3.8) is 0 Å². The predicted octanol–water partition coefficient (Wildman–Crippen LogP) is 3.04. The molecule has 1 aromatic carbocycles. The van der Waals surface area contributed by atoms with Gasteiger partial charge in [-0.1, -0.05) is 0 Å². The standard InChI is InChI=1S/C18H19FN4O/c1-10-5-15(19)16(20)7-13(10)14-6-12-9-22-18(21-3-4-24)8-17(12)23-11(14)2/h5-9,24H,3-4,20H2,1-2H3,(H,21,22). The van der Waals surface area contributed by atoms with Crippen molar-refractivity contribution in [1.82, 2.24) is 9.97 Å². The summed E-state index contributed by atoms with van der Waals surface area (Å²) in [7, 11) is 0. The first-order valence-corrected chi connectivity index (χ1v) is 7.67. The molecule has 3 aromatic rings. The summed E-state index contributed by atoms with van der Waals surface area (Å²) in [6, 6.07) is 6.91. The molecular weight excluding hydrogens is 307 g/mol. The zero-order chi connectivity index (χ0) is 17.3. The Balaban J connectivity index is 2.10. The molecule has 0 unspecified atom stereocenters. The quantitative estimate of drug-likeness (QED) is 0.642. The number of anilines is 2. The van der Waals surface area contributed by atoms with E-state index in [-0.39, 0.29) is 12.3 Å². The van der Waals surface area contributed by atoms with Gasteiger partial charge in [0.15, 0.2) is 0 Å². The number of nitrogen functional groups attached to an aromatic ring is 1. The van der Waals surface area contributed by atoms with Crippen molar-refractivity contribution in [1.29, 1.82) is 0 Å². The van der Waals surface area contributed by atoms with Gasteiger partial charge in [-0.15, -0.1) is 0 Å². The molecule has 2 aromatic heterocycles. The second-order valence-electron chi connectivity index (χ2n) is 5.72. The summed E-state index contributed by atoms with van der Waals surface area (Å²) in [6.45, 7) is 4.23. The third-order valence-corrected chi connectivity index (χ3v) is 3.94. The van der Waals surface area contributed by atoms with Crippen molar-refractivity contribution < 1.29 is 9.50 Å². The van der Waals surface area contributed by atoms with Gasteiger partial charge in [0.05, 0.1) is 17.8 Å². The van der Waals surface area contributed by atoms with E-state index < -0.39 is 5.82 Å². The number of halogens is 1. The Morgan fingerprint density at radius 1 is 1.17 bits per heavy atom. The summed E-state index contributed by atoms with van der Waals surface area (Å²) in [5, 5.41) is 12.8. The number of fused-ring (bicyclic) bond motifs is 1. The highest BCUT2D eigenvalue weighted by Gasteiger charge is 2.12. The fourth-order valence-corrected chi connectivity index (χ4v) is 2.70. The van der Waals surface area contributed by atoms with Crippen molar-refractivity contribution in [3.8, 4) is 11.1 Å². The molecule has 5 nitrogen and oxygen atoms in total. The molecule has 2 heterocycles. The van der Waals surface area contributed by atoms with Crippen LogP contribution in [0.5, 0.6) is 0 Å². The van der Waals surface area contributed by atoms with Crippen molar-refractivity contribution in [2.45, 2.75) is 13.8 Å². The van der Waals surface area contributed by atoms with E-state index in [1.807, 2.05) is 26.0 Å². The van der Waals surface area contributed by atoms with E-state index in [9.17, 15) is 4.39 Å². The monoisotopic (exact) mass is 326 g/mol. The first-order chi connectivity index (χ1) is 11.5. The minimum absolute atomic E-state index is 0.0381. The van der Waals surface area contributed by atoms with Gasteiger partial charge in [-0.3, -0.25) is 4.98 Å². The first-order valence-electron chi connectivity index (χ1n) is 7.67. The third kappa shape index (κ3) is 3.00. The second kappa shape index (κ2) is 6.41. The molecule has 0 aliphatic rings. The molecular formula is C18H19FN4O. The molecule has 0 aliphatic heterocycles. The lowest BCUT2D eigenvalue weighted by Crippen LogP contribution is -2.06. The fourth-order valence-electron chi connectivity index (χ4n) is 2.70. The molecule has 0 fully saturated rings. The van der Waals surface area contributed by atoms with Crippen LogP contribution in [-0.2, 0) is 0 Å². The van der Waals surface area contributed by atoms with Gasteiger partial charge in [0, 0.05) is 35.5 Å². The van der Waals surface area contributed by atoms with Gasteiger partial charge in [0.1, 0.15) is 11.6 Å². The lowest BCUT2D eigenvalue weighted by atomic mass is 9.97. The number of hydrogen-bond acceptors (Lipinski definition) is 5. The molecule has 0 saturated carbocycles. The maximum atomic E-state index is 13.6. The molecule has 3 rings (SSSR count). The minimum Gasteiger partial charge on any atom is -0.396 e. The van der Waals surface area contributed by atoms with Crippen LogP contribution in [-0.4, -0.2) is 28.2 Å². The minimum atomic E-state index is -0.413. The van der Waals surface area contributed by atoms with Crippen LogP contribution in [0.1, 0.15) is 11.3 Å². The number of nitrogens with one attached hydrogen (secondary N) is 1. The van der Waals surface area contributed by atoms with Crippen LogP contribution in [0.25, 0.3) is 22.0 Å². The molecule has 6 heteroatoms. The number of nitrogens with two attached hydrogens (primary N) is 1. The number of benzene rings is 1. The number of rotatable bonds is 4. The van der Waals surface area contributed by atoms with Crippen LogP contribution >= 0.6 is 0 Å². The Labute approximate surface area is 139 Å². The SMILES string of the molecule is Cc1cc(F)c(N)cc1-c1cc2cnc(NCCO)cc2nc1C. The second-order valence-corrected chi connectivity index (χ2v) is 5.72. The number of nitrogens with zero attached hydrogens (tertiary/aromatic N) is 2. The Kier molecular flexibility index (Phi) is 4.31. The van der Waals surface area contributed by atoms with Gasteiger partial charge in [0.2, 0.25) is 0 Å². The molecule has 0 spiro atoms. The van der Waals surface area contributed by atoms with E-state index in [2.05, 4.69) is 15.3 Å². The van der Waals surface area contributed by atoms with Gasteiger partial charge >= 0.3 is 0 Å². The molecule has 4 N–H and O–H groups in total. The zero-order valence-corrected chi connectivity index (χ0v) is 13.6. The van der Waals surface area contributed by atoms with Crippen LogP contribution in [0.2, 0.25) is 0 Å². The zero-order valence-electron chi connectivity index (χ0n) is 13.6. The highest BCUT2D eigenvalue weighted by atomic mass is 19.1. The highest BCUT2D eigenvalue weighted by Crippen LogP contribution is 2.31. The van der Waals surface area contributed by atoms with Crippen LogP contribution < -0.4 is 11.1 Å². The first kappa shape index (κ1) is 16.1. The predicted molar refractivity (Wildman–Crippen MR) is 94.4 cm³/mol. The van der Waals surface area contributed by atoms with Crippen LogP contribution in [0, 0.1) is 19.7 Å². The topological polar surface area (TPSA) is 84.1 Å². The Morgan fingerprint density at radius 3 is 2.71 bits per heavy atom. The summed E-state index contributed by atoms with van der Waals surface area (Å²) in [5.74, 6) is 0.252. The van der Waals surface area contributed by atoms with E-state index in [0.29, 0.717) is 12.4 Å². The van der Waals surface area contributed by atoms with Gasteiger partial charge in [-0.05, 0) is 43.2 Å². The average Bonchev–Trinajstić information content (AvgIpc) is 2.55. The van der Waals surface area contributed by atoms with Crippen LogP contribution in [0.15, 0.2) is 30.5 Å². The number of aromatic nitrogens is 2. The molecule has 0 amide bonds. The van der Waals surface area contributed by atoms with Gasteiger partial charge in [-0.2, -0.15) is 0 Å².